The summed E-state index contributed by atoms with van der Waals surface area (Å²) in [4.78, 5) is 29.0. The summed E-state index contributed by atoms with van der Waals surface area (Å²) in [7, 11) is -4.15. The molecule has 0 bridgehead atoms. The number of hydrogen-bond donors (Lipinski definition) is 1. The zero-order valence-corrected chi connectivity index (χ0v) is 26.0. The number of hydrogen-bond acceptors (Lipinski definition) is 4. The van der Waals surface area contributed by atoms with E-state index in [4.69, 9.17) is 11.6 Å². The van der Waals surface area contributed by atoms with Crippen molar-refractivity contribution in [2.45, 2.75) is 58.4 Å². The van der Waals surface area contributed by atoms with Gasteiger partial charge in [-0.3, -0.25) is 13.9 Å². The monoisotopic (exact) mass is 597 g/mol. The van der Waals surface area contributed by atoms with Gasteiger partial charge < -0.3 is 10.2 Å². The van der Waals surface area contributed by atoms with Gasteiger partial charge in [-0.05, 0) is 68.0 Å². The van der Waals surface area contributed by atoms with Gasteiger partial charge >= 0.3 is 0 Å². The van der Waals surface area contributed by atoms with Gasteiger partial charge in [-0.2, -0.15) is 0 Å². The van der Waals surface area contributed by atoms with Crippen molar-refractivity contribution >= 4 is 39.1 Å². The van der Waals surface area contributed by atoms with Gasteiger partial charge in [0.25, 0.3) is 10.0 Å². The quantitative estimate of drug-likeness (QED) is 0.271. The van der Waals surface area contributed by atoms with Crippen molar-refractivity contribution in [1.29, 1.82) is 0 Å². The van der Waals surface area contributed by atoms with E-state index in [1.807, 2.05) is 58.0 Å². The van der Waals surface area contributed by atoms with Gasteiger partial charge in [0.1, 0.15) is 12.6 Å². The first-order valence-corrected chi connectivity index (χ1v) is 15.7. The first-order chi connectivity index (χ1) is 19.4. The van der Waals surface area contributed by atoms with Crippen molar-refractivity contribution in [3.63, 3.8) is 0 Å². The van der Waals surface area contributed by atoms with E-state index in [-0.39, 0.29) is 23.3 Å². The molecule has 0 aliphatic carbocycles. The highest BCUT2D eigenvalue weighted by atomic mass is 35.5. The predicted octanol–water partition coefficient (Wildman–Crippen LogP) is 5.77. The zero-order valence-electron chi connectivity index (χ0n) is 24.4. The van der Waals surface area contributed by atoms with Crippen molar-refractivity contribution in [3.8, 4) is 0 Å². The minimum Gasteiger partial charge on any atom is -0.354 e. The Bertz CT molecular complexity index is 1430. The Hall–Kier alpha value is -3.36. The number of carbonyl (C=O) groups is 2. The average molecular weight is 598 g/mol. The van der Waals surface area contributed by atoms with Crippen molar-refractivity contribution in [3.05, 3.63) is 94.5 Å². The van der Waals surface area contributed by atoms with Crippen LogP contribution in [0.3, 0.4) is 0 Å². The molecule has 0 saturated carbocycles. The number of benzene rings is 3. The minimum atomic E-state index is -4.15. The molecule has 1 atom stereocenters. The highest BCUT2D eigenvalue weighted by molar-refractivity contribution is 7.92. The lowest BCUT2D eigenvalue weighted by Gasteiger charge is -2.33. The maximum Gasteiger partial charge on any atom is 0.264 e. The number of carbonyl (C=O) groups excluding carboxylic acids is 2. The molecular weight excluding hydrogens is 558 g/mol. The van der Waals surface area contributed by atoms with E-state index >= 15 is 0 Å². The number of rotatable bonds is 13. The number of anilines is 1. The Morgan fingerprint density at radius 1 is 0.927 bits per heavy atom. The molecule has 41 heavy (non-hydrogen) atoms. The zero-order chi connectivity index (χ0) is 30.2. The highest BCUT2D eigenvalue weighted by Gasteiger charge is 2.34. The van der Waals surface area contributed by atoms with Crippen LogP contribution in [0.1, 0.15) is 43.9 Å². The van der Waals surface area contributed by atoms with Crippen LogP contribution in [-0.4, -0.2) is 50.8 Å². The van der Waals surface area contributed by atoms with Crippen LogP contribution in [0.5, 0.6) is 0 Å². The van der Waals surface area contributed by atoms with E-state index in [0.29, 0.717) is 35.7 Å². The smallest absolute Gasteiger partial charge is 0.264 e. The summed E-state index contributed by atoms with van der Waals surface area (Å²) >= 11 is 6.40. The standard InChI is InChI=1S/C32H40ClN3O4S/c1-6-29(32(38)34-21-23(2)3)35(20-19-26-11-8-7-9-12-26)31(37)22-36(30-14-10-13-28(33)25(30)5)41(39,40)27-17-15-24(4)16-18-27/h7-18,23,29H,6,19-22H2,1-5H3,(H,34,38). The molecule has 1 unspecified atom stereocenters. The molecule has 0 aliphatic heterocycles. The molecule has 0 radical (unpaired) electrons. The molecule has 9 heteroatoms. The number of halogens is 1. The SMILES string of the molecule is CCC(C(=O)NCC(C)C)N(CCc1ccccc1)C(=O)CN(c1cccc(Cl)c1C)S(=O)(=O)c1ccc(C)cc1. The molecule has 3 aromatic rings. The molecular formula is C32H40ClN3O4S. The second kappa shape index (κ2) is 14.5. The third-order valence-corrected chi connectivity index (χ3v) is 9.13. The molecule has 220 valence electrons. The van der Waals surface area contributed by atoms with E-state index in [1.54, 1.807) is 37.3 Å². The summed E-state index contributed by atoms with van der Waals surface area (Å²) in [5, 5.41) is 3.34. The summed E-state index contributed by atoms with van der Waals surface area (Å²) in [6, 6.07) is 20.4. The van der Waals surface area contributed by atoms with Crippen molar-refractivity contribution in [1.82, 2.24) is 10.2 Å². The molecule has 0 aliphatic rings. The molecule has 0 heterocycles. The molecule has 2 amide bonds. The molecule has 3 aromatic carbocycles. The fraction of sp³-hybridized carbons (Fsp3) is 0.375. The van der Waals surface area contributed by atoms with E-state index in [1.165, 1.54) is 17.0 Å². The largest absolute Gasteiger partial charge is 0.354 e. The fourth-order valence-electron chi connectivity index (χ4n) is 4.54. The molecule has 7 nitrogen and oxygen atoms in total. The molecule has 3 rings (SSSR count). The van der Waals surface area contributed by atoms with Crippen molar-refractivity contribution < 1.29 is 18.0 Å². The van der Waals surface area contributed by atoms with Gasteiger partial charge in [0.15, 0.2) is 0 Å². The van der Waals surface area contributed by atoms with Crippen molar-refractivity contribution in [2.75, 3.05) is 23.9 Å². The first-order valence-electron chi connectivity index (χ1n) is 13.9. The van der Waals surface area contributed by atoms with E-state index in [9.17, 15) is 18.0 Å². The normalized spacial score (nSPS) is 12.2. The third kappa shape index (κ3) is 8.33. The van der Waals surface area contributed by atoms with Gasteiger partial charge in [0.05, 0.1) is 10.6 Å². The fourth-order valence-corrected chi connectivity index (χ4v) is 6.18. The lowest BCUT2D eigenvalue weighted by Crippen LogP contribution is -2.53. The van der Waals surface area contributed by atoms with Crippen LogP contribution in [0, 0.1) is 19.8 Å². The maximum atomic E-state index is 14.1. The lowest BCUT2D eigenvalue weighted by molar-refractivity contribution is -0.139. The minimum absolute atomic E-state index is 0.0628. The van der Waals surface area contributed by atoms with Crippen LogP contribution in [0.25, 0.3) is 0 Å². The predicted molar refractivity (Wildman–Crippen MR) is 166 cm³/mol. The van der Waals surface area contributed by atoms with Crippen LogP contribution >= 0.6 is 11.6 Å². The van der Waals surface area contributed by atoms with Crippen LogP contribution in [0.4, 0.5) is 5.69 Å². The van der Waals surface area contributed by atoms with E-state index < -0.39 is 28.5 Å². The second-order valence-corrected chi connectivity index (χ2v) is 12.9. The number of aryl methyl sites for hydroxylation is 1. The highest BCUT2D eigenvalue weighted by Crippen LogP contribution is 2.31. The number of nitrogens with one attached hydrogen (secondary N) is 1. The average Bonchev–Trinajstić information content (AvgIpc) is 2.95. The summed E-state index contributed by atoms with van der Waals surface area (Å²) in [5.74, 6) is -0.483. The topological polar surface area (TPSA) is 86.8 Å². The van der Waals surface area contributed by atoms with E-state index in [2.05, 4.69) is 5.32 Å². The van der Waals surface area contributed by atoms with Gasteiger partial charge in [0, 0.05) is 18.1 Å². The maximum absolute atomic E-state index is 14.1. The van der Waals surface area contributed by atoms with Crippen molar-refractivity contribution in [2.24, 2.45) is 5.92 Å². The van der Waals surface area contributed by atoms with Gasteiger partial charge in [-0.1, -0.05) is 86.5 Å². The van der Waals surface area contributed by atoms with E-state index in [0.717, 1.165) is 15.4 Å². The van der Waals surface area contributed by atoms with Gasteiger partial charge in [-0.15, -0.1) is 0 Å². The van der Waals surface area contributed by atoms with Gasteiger partial charge in [-0.25, -0.2) is 8.42 Å². The lowest BCUT2D eigenvalue weighted by atomic mass is 10.1. The molecule has 0 saturated heterocycles. The molecule has 0 fully saturated rings. The number of amides is 2. The van der Waals surface area contributed by atoms with Crippen LogP contribution in [0.2, 0.25) is 5.02 Å². The van der Waals surface area contributed by atoms with Crippen LogP contribution in [-0.2, 0) is 26.0 Å². The summed E-state index contributed by atoms with van der Waals surface area (Å²) in [6.07, 6.45) is 0.896. The second-order valence-electron chi connectivity index (χ2n) is 10.6. The Balaban J connectivity index is 2.04. The summed E-state index contributed by atoms with van der Waals surface area (Å²) in [5.41, 5.74) is 2.77. The summed E-state index contributed by atoms with van der Waals surface area (Å²) in [6.45, 7) is 9.70. The van der Waals surface area contributed by atoms with Crippen LogP contribution in [0.15, 0.2) is 77.7 Å². The molecule has 0 aromatic heterocycles. The number of nitrogens with zero attached hydrogens (tertiary/aromatic N) is 2. The Morgan fingerprint density at radius 3 is 2.20 bits per heavy atom. The molecule has 1 N–H and O–H groups in total. The van der Waals surface area contributed by atoms with Crippen LogP contribution < -0.4 is 9.62 Å². The number of sulfonamides is 1. The third-order valence-electron chi connectivity index (χ3n) is 6.95. The Morgan fingerprint density at radius 2 is 1.59 bits per heavy atom. The summed E-state index contributed by atoms with van der Waals surface area (Å²) < 4.78 is 29.2. The molecule has 0 spiro atoms. The first kappa shape index (κ1) is 32.2. The Labute approximate surface area is 249 Å². The Kier molecular flexibility index (Phi) is 11.4. The van der Waals surface area contributed by atoms with Gasteiger partial charge in [0.2, 0.25) is 11.8 Å².